The molecule has 0 saturated heterocycles. The van der Waals surface area contributed by atoms with Crippen LogP contribution in [0.2, 0.25) is 0 Å². The molecule has 0 rings (SSSR count). The summed E-state index contributed by atoms with van der Waals surface area (Å²) in [5, 5.41) is 0. The summed E-state index contributed by atoms with van der Waals surface area (Å²) in [5.41, 5.74) is 0. The van der Waals surface area contributed by atoms with Crippen molar-refractivity contribution >= 4 is 6.15 Å². The zero-order chi connectivity index (χ0) is 8.71. The Morgan fingerprint density at radius 1 is 0.500 bits per heavy atom. The van der Waals surface area contributed by atoms with Crippen molar-refractivity contribution in [3.63, 3.8) is 0 Å². The maximum Gasteiger partial charge on any atom is 0 e. The Balaban J connectivity index is -0.00000000109. The van der Waals surface area contributed by atoms with Gasteiger partial charge in [0.1, 0.15) is 0 Å². The van der Waals surface area contributed by atoms with Crippen LogP contribution in [0.3, 0.4) is 0 Å². The molecule has 0 radical (unpaired) electrons. The molecule has 122 valence electrons. The first kappa shape index (κ1) is 312. The van der Waals surface area contributed by atoms with Crippen LogP contribution in [0.1, 0.15) is 69.7 Å². The Morgan fingerprint density at radius 3 is 0.500 bits per heavy atom. The van der Waals surface area contributed by atoms with Gasteiger partial charge in [-0.3, -0.25) is 0 Å². The Labute approximate surface area is 120 Å². The van der Waals surface area contributed by atoms with Crippen LogP contribution in [0, 0.1) is 20.0 Å². The molecule has 0 bridgehead atoms. The van der Waals surface area contributed by atoms with Crippen LogP contribution in [-0.2, 0) is 23.5 Å². The Kier molecular flexibility index (Phi) is 360000. The molecule has 0 saturated carbocycles. The molecule has 0 aromatic heterocycles. The average Bonchev–Trinajstić information content (AvgIpc) is 2.01. The SMILES string of the molecule is C.C.C.C.C.C.C.C.C.O=C=O.[C-]#[O+].[C-]#[O+].[C-]#[O+].[HH].[HH]. The van der Waals surface area contributed by atoms with Crippen LogP contribution in [0.25, 0.3) is 0 Å². The van der Waals surface area contributed by atoms with E-state index < -0.39 is 0 Å². The largest absolute Gasteiger partial charge is 0 e. The summed E-state index contributed by atoms with van der Waals surface area (Å²) in [4.78, 5) is 16.2. The van der Waals surface area contributed by atoms with Crippen molar-refractivity contribution in [3.8, 4) is 0 Å². The molecular formula is C13H40O5. The summed E-state index contributed by atoms with van der Waals surface area (Å²) in [6.45, 7) is 13.5. The zero-order valence-electron chi connectivity index (χ0n) is 4.04. The topological polar surface area (TPSA) is 93.8 Å². The van der Waals surface area contributed by atoms with Gasteiger partial charge in [-0.1, -0.05) is 66.8 Å². The summed E-state index contributed by atoms with van der Waals surface area (Å²) in [6.07, 6.45) is 0.250. The van der Waals surface area contributed by atoms with Crippen molar-refractivity contribution in [1.29, 1.82) is 0 Å². The predicted molar refractivity (Wildman–Crippen MR) is 81.6 cm³/mol. The predicted octanol–water partition coefficient (Wildman–Crippen LogP) is 5.52. The first-order chi connectivity index (χ1) is 4.41. The monoisotopic (exact) mass is 276 g/mol. The van der Waals surface area contributed by atoms with Gasteiger partial charge >= 0.3 is 40.1 Å². The van der Waals surface area contributed by atoms with E-state index in [2.05, 4.69) is 20.0 Å². The third kappa shape index (κ3) is 1380. The van der Waals surface area contributed by atoms with Gasteiger partial charge in [0, 0.05) is 2.85 Å². The summed E-state index contributed by atoms with van der Waals surface area (Å²) >= 11 is 0. The Morgan fingerprint density at radius 2 is 0.500 bits per heavy atom. The van der Waals surface area contributed by atoms with E-state index >= 15 is 0 Å². The number of hydrogen-bond donors (Lipinski definition) is 0. The van der Waals surface area contributed by atoms with Crippen molar-refractivity contribution in [2.24, 2.45) is 0 Å². The van der Waals surface area contributed by atoms with Gasteiger partial charge in [-0.05, 0) is 0 Å². The fourth-order valence-corrected chi connectivity index (χ4v) is 0. The molecule has 0 N–H and O–H groups in total. The van der Waals surface area contributed by atoms with Crippen molar-refractivity contribution in [2.45, 2.75) is 66.8 Å². The van der Waals surface area contributed by atoms with Crippen LogP contribution in [-0.4, -0.2) is 6.15 Å². The summed E-state index contributed by atoms with van der Waals surface area (Å²) in [5.74, 6) is 0. The quantitative estimate of drug-likeness (QED) is 0.430. The Hall–Kier alpha value is -1.40. The molecule has 0 fully saturated rings. The molecule has 0 aliphatic carbocycles. The minimum Gasteiger partial charge on any atom is 0 e. The van der Waals surface area contributed by atoms with Gasteiger partial charge < -0.3 is 0 Å². The molecule has 5 nitrogen and oxygen atoms in total. The molecule has 0 aliphatic heterocycles. The molecule has 0 heterocycles. The van der Waals surface area contributed by atoms with E-state index in [1.807, 2.05) is 0 Å². The second-order valence-corrected chi connectivity index (χ2v) is 0.0833. The first-order valence-corrected chi connectivity index (χ1v) is 1.02. The number of hydrogen-bond acceptors (Lipinski definition) is 2. The van der Waals surface area contributed by atoms with E-state index in [0.29, 0.717) is 0 Å². The third-order valence-electron chi connectivity index (χ3n) is 0. The minimum atomic E-state index is 0. The molecule has 0 aromatic carbocycles. The van der Waals surface area contributed by atoms with Crippen molar-refractivity contribution < 1.29 is 26.4 Å². The maximum atomic E-state index is 8.12. The summed E-state index contributed by atoms with van der Waals surface area (Å²) in [6, 6.07) is 0. The summed E-state index contributed by atoms with van der Waals surface area (Å²) < 4.78 is 22.5. The van der Waals surface area contributed by atoms with Crippen LogP contribution >= 0.6 is 0 Å². The Bertz CT molecular complexity index is 103. The van der Waals surface area contributed by atoms with Crippen molar-refractivity contribution in [3.05, 3.63) is 20.0 Å². The smallest absolute Gasteiger partial charge is 0 e. The molecule has 0 aliphatic rings. The van der Waals surface area contributed by atoms with E-state index in [0.717, 1.165) is 0 Å². The van der Waals surface area contributed by atoms with Gasteiger partial charge in [-0.25, -0.2) is 0 Å². The molecule has 0 spiro atoms. The van der Waals surface area contributed by atoms with Crippen LogP contribution in [0.15, 0.2) is 0 Å². The normalized spacial score (nSPS) is 0.778. The third-order valence-corrected chi connectivity index (χ3v) is 0. The number of carbonyl (C=O) groups excluding carboxylic acids is 2. The second-order valence-electron chi connectivity index (χ2n) is 0.0833. The molecule has 5 heteroatoms. The van der Waals surface area contributed by atoms with E-state index in [9.17, 15) is 0 Å². The molecule has 0 unspecified atom stereocenters. The number of rotatable bonds is 0. The molecular weight excluding hydrogens is 236 g/mol. The van der Waals surface area contributed by atoms with Gasteiger partial charge in [0.2, 0.25) is 0 Å². The van der Waals surface area contributed by atoms with Crippen molar-refractivity contribution in [1.82, 2.24) is 0 Å². The fraction of sp³-hybridized carbons (Fsp3) is 0.692. The van der Waals surface area contributed by atoms with E-state index in [-0.39, 0.29) is 75.8 Å². The van der Waals surface area contributed by atoms with Crippen LogP contribution < -0.4 is 0 Å². The summed E-state index contributed by atoms with van der Waals surface area (Å²) in [7, 11) is 0. The van der Waals surface area contributed by atoms with E-state index in [1.165, 1.54) is 0 Å². The van der Waals surface area contributed by atoms with Gasteiger partial charge in [0.15, 0.2) is 0 Å². The standard InChI is InChI=1S/CO2.3CO.9CH4.2H2/c2-1-3;3*1-2;;;;;;;;;;;/h;;;;9*1H4;2*1H. The van der Waals surface area contributed by atoms with E-state index in [1.54, 1.807) is 0 Å². The zero-order valence-corrected chi connectivity index (χ0v) is 4.04. The average molecular weight is 276 g/mol. The molecule has 0 atom stereocenters. The molecule has 0 aromatic rings. The first-order valence-electron chi connectivity index (χ1n) is 1.02. The fourth-order valence-electron chi connectivity index (χ4n) is 0. The van der Waals surface area contributed by atoms with Crippen molar-refractivity contribution in [2.75, 3.05) is 0 Å². The van der Waals surface area contributed by atoms with Gasteiger partial charge in [-0.15, -0.1) is 0 Å². The van der Waals surface area contributed by atoms with Crippen LogP contribution in [0.5, 0.6) is 0 Å². The van der Waals surface area contributed by atoms with Crippen LogP contribution in [0.4, 0.5) is 0 Å². The second kappa shape index (κ2) is 20800. The van der Waals surface area contributed by atoms with Gasteiger partial charge in [0.05, 0.1) is 0 Å². The molecule has 18 heavy (non-hydrogen) atoms. The van der Waals surface area contributed by atoms with E-state index in [4.69, 9.17) is 23.5 Å². The van der Waals surface area contributed by atoms with Gasteiger partial charge in [-0.2, -0.15) is 9.59 Å². The maximum absolute atomic E-state index is 8.12. The van der Waals surface area contributed by atoms with Gasteiger partial charge in [0.25, 0.3) is 0 Å². The molecule has 0 amide bonds. The minimum absolute atomic E-state index is 0.